The van der Waals surface area contributed by atoms with Crippen molar-refractivity contribution < 1.29 is 14.7 Å². The Bertz CT molecular complexity index is 835. The monoisotopic (exact) mass is 353 g/mol. The van der Waals surface area contributed by atoms with Crippen molar-refractivity contribution in [3.8, 4) is 0 Å². The van der Waals surface area contributed by atoms with Crippen LogP contribution in [0.3, 0.4) is 0 Å². The molecule has 2 aliphatic heterocycles. The van der Waals surface area contributed by atoms with E-state index in [-0.39, 0.29) is 17.7 Å². The number of carbonyl (C=O) groups is 2. The number of carbonyl (C=O) groups excluding carboxylic acids is 1. The Morgan fingerprint density at radius 2 is 1.68 bits per heavy atom. The van der Waals surface area contributed by atoms with E-state index in [0.29, 0.717) is 6.54 Å². The molecule has 0 saturated heterocycles. The van der Waals surface area contributed by atoms with Gasteiger partial charge in [0.25, 0.3) is 0 Å². The Hall–Kier alpha value is -2.27. The fourth-order valence-corrected chi connectivity index (χ4v) is 5.02. The van der Waals surface area contributed by atoms with Gasteiger partial charge in [0.1, 0.15) is 5.25 Å². The van der Waals surface area contributed by atoms with Crippen molar-refractivity contribution in [1.82, 2.24) is 4.90 Å². The van der Waals surface area contributed by atoms with Crippen molar-refractivity contribution in [2.24, 2.45) is 0 Å². The molecule has 2 aliphatic rings. The van der Waals surface area contributed by atoms with Crippen molar-refractivity contribution in [1.29, 1.82) is 0 Å². The van der Waals surface area contributed by atoms with Crippen LogP contribution in [0.25, 0.3) is 0 Å². The highest BCUT2D eigenvalue weighted by Gasteiger charge is 2.36. The van der Waals surface area contributed by atoms with Crippen LogP contribution in [0, 0.1) is 0 Å². The number of aliphatic carboxylic acids is 1. The molecule has 2 aromatic carbocycles. The molecule has 0 bridgehead atoms. The zero-order valence-corrected chi connectivity index (χ0v) is 14.5. The first-order valence-electron chi connectivity index (χ1n) is 8.44. The molecule has 1 N–H and O–H groups in total. The van der Waals surface area contributed by atoms with Crippen LogP contribution in [0.2, 0.25) is 0 Å². The van der Waals surface area contributed by atoms with Gasteiger partial charge in [-0.2, -0.15) is 0 Å². The summed E-state index contributed by atoms with van der Waals surface area (Å²) in [7, 11) is 0. The first-order chi connectivity index (χ1) is 12.1. The van der Waals surface area contributed by atoms with E-state index in [0.717, 1.165) is 28.9 Å². The third kappa shape index (κ3) is 2.93. The maximum Gasteiger partial charge on any atom is 0.312 e. The topological polar surface area (TPSA) is 57.6 Å². The van der Waals surface area contributed by atoms with Gasteiger partial charge in [-0.25, -0.2) is 0 Å². The number of aryl methyl sites for hydroxylation is 1. The van der Waals surface area contributed by atoms with Gasteiger partial charge in [0.2, 0.25) is 5.91 Å². The van der Waals surface area contributed by atoms with E-state index in [9.17, 15) is 14.7 Å². The first kappa shape index (κ1) is 16.2. The van der Waals surface area contributed by atoms with Gasteiger partial charge in [-0.15, -0.1) is 11.8 Å². The molecule has 2 unspecified atom stereocenters. The summed E-state index contributed by atoms with van der Waals surface area (Å²) in [4.78, 5) is 26.6. The summed E-state index contributed by atoms with van der Waals surface area (Å²) in [5.74, 6) is -0.586. The highest BCUT2D eigenvalue weighted by Crippen LogP contribution is 2.39. The summed E-state index contributed by atoms with van der Waals surface area (Å²) in [6.45, 7) is 0.725. The van der Waals surface area contributed by atoms with Crippen LogP contribution in [-0.4, -0.2) is 34.2 Å². The summed E-state index contributed by atoms with van der Waals surface area (Å²) in [6.07, 6.45) is 0.977. The maximum atomic E-state index is 13.2. The molecular weight excluding hydrogens is 334 g/mol. The molecule has 2 atom stereocenters. The molecule has 0 spiro atoms. The summed E-state index contributed by atoms with van der Waals surface area (Å²) >= 11 is 1.66. The van der Waals surface area contributed by atoms with Gasteiger partial charge in [0.15, 0.2) is 0 Å². The van der Waals surface area contributed by atoms with E-state index in [4.69, 9.17) is 0 Å². The van der Waals surface area contributed by atoms with Gasteiger partial charge in [0.05, 0.1) is 5.92 Å². The number of amides is 1. The second kappa shape index (κ2) is 6.56. The number of benzene rings is 2. The second-order valence-electron chi connectivity index (χ2n) is 6.51. The van der Waals surface area contributed by atoms with Crippen molar-refractivity contribution in [3.63, 3.8) is 0 Å². The molecule has 0 radical (unpaired) electrons. The zero-order valence-electron chi connectivity index (χ0n) is 13.7. The molecule has 25 heavy (non-hydrogen) atoms. The average Bonchev–Trinajstić information content (AvgIpc) is 2.66. The van der Waals surface area contributed by atoms with E-state index >= 15 is 0 Å². The van der Waals surface area contributed by atoms with Gasteiger partial charge in [-0.05, 0) is 34.4 Å². The predicted molar refractivity (Wildman–Crippen MR) is 97.6 cm³/mol. The summed E-state index contributed by atoms with van der Waals surface area (Å²) < 4.78 is 0. The Morgan fingerprint density at radius 1 is 1.00 bits per heavy atom. The van der Waals surface area contributed by atoms with E-state index in [1.165, 1.54) is 5.56 Å². The number of carboxylic acid groups (broad SMARTS) is 1. The van der Waals surface area contributed by atoms with Gasteiger partial charge in [-0.3, -0.25) is 9.59 Å². The molecule has 2 aromatic rings. The van der Waals surface area contributed by atoms with Crippen molar-refractivity contribution in [2.45, 2.75) is 24.1 Å². The Balaban J connectivity index is 1.65. The van der Waals surface area contributed by atoms with Crippen molar-refractivity contribution in [3.05, 3.63) is 70.8 Å². The van der Waals surface area contributed by atoms with Gasteiger partial charge >= 0.3 is 5.97 Å². The average molecular weight is 353 g/mol. The van der Waals surface area contributed by atoms with Crippen LogP contribution in [0.1, 0.15) is 33.4 Å². The third-order valence-electron chi connectivity index (χ3n) is 5.02. The van der Waals surface area contributed by atoms with E-state index in [1.54, 1.807) is 16.7 Å². The molecule has 4 nitrogen and oxygen atoms in total. The number of fused-ring (bicyclic) bond motifs is 2. The number of rotatable bonds is 2. The Labute approximate surface area is 150 Å². The number of thioether (sulfide) groups is 1. The summed E-state index contributed by atoms with van der Waals surface area (Å²) in [5.41, 5.74) is 4.07. The fourth-order valence-electron chi connectivity index (χ4n) is 3.75. The molecule has 0 aliphatic carbocycles. The van der Waals surface area contributed by atoms with Gasteiger partial charge < -0.3 is 10.0 Å². The van der Waals surface area contributed by atoms with E-state index in [2.05, 4.69) is 6.07 Å². The number of nitrogens with zero attached hydrogens (tertiary/aromatic N) is 1. The normalized spacial score (nSPS) is 22.0. The molecule has 128 valence electrons. The molecule has 2 heterocycles. The zero-order chi connectivity index (χ0) is 17.4. The van der Waals surface area contributed by atoms with Crippen molar-refractivity contribution in [2.75, 3.05) is 12.3 Å². The molecule has 0 fully saturated rings. The minimum atomic E-state index is -0.873. The molecule has 5 heteroatoms. The summed E-state index contributed by atoms with van der Waals surface area (Å²) in [5, 5.41) is 9.38. The Morgan fingerprint density at radius 3 is 2.44 bits per heavy atom. The molecule has 0 aromatic heterocycles. The van der Waals surface area contributed by atoms with Gasteiger partial charge in [0, 0.05) is 13.1 Å². The lowest BCUT2D eigenvalue weighted by Gasteiger charge is -2.36. The largest absolute Gasteiger partial charge is 0.481 e. The lowest BCUT2D eigenvalue weighted by atomic mass is 9.89. The lowest BCUT2D eigenvalue weighted by Crippen LogP contribution is -2.42. The number of hydrogen-bond donors (Lipinski definition) is 1. The Kier molecular flexibility index (Phi) is 4.25. The highest BCUT2D eigenvalue weighted by atomic mass is 32.2. The quantitative estimate of drug-likeness (QED) is 0.901. The van der Waals surface area contributed by atoms with Crippen LogP contribution in [0.5, 0.6) is 0 Å². The lowest BCUT2D eigenvalue weighted by molar-refractivity contribution is -0.141. The van der Waals surface area contributed by atoms with E-state index in [1.807, 2.05) is 42.5 Å². The van der Waals surface area contributed by atoms with Crippen LogP contribution < -0.4 is 0 Å². The second-order valence-corrected chi connectivity index (χ2v) is 7.72. The van der Waals surface area contributed by atoms with Crippen LogP contribution >= 0.6 is 11.8 Å². The first-order valence-corrected chi connectivity index (χ1v) is 9.49. The number of hydrogen-bond acceptors (Lipinski definition) is 3. The standard InChI is InChI=1S/C20H19NO3S/c22-19(18-16-8-4-1-5-13(16)9-10-25-18)21-11-14-6-2-3-7-15(14)17(12-21)20(23)24/h1-8,17-18H,9-12H2,(H,23,24). The van der Waals surface area contributed by atoms with Crippen LogP contribution in [-0.2, 0) is 22.6 Å². The molecular formula is C20H19NO3S. The minimum Gasteiger partial charge on any atom is -0.481 e. The molecule has 0 saturated carbocycles. The third-order valence-corrected chi connectivity index (χ3v) is 6.25. The maximum absolute atomic E-state index is 13.2. The summed E-state index contributed by atoms with van der Waals surface area (Å²) in [6, 6.07) is 15.6. The predicted octanol–water partition coefficient (Wildman–Crippen LogP) is 3.23. The minimum absolute atomic E-state index is 0.0258. The van der Waals surface area contributed by atoms with Crippen molar-refractivity contribution >= 4 is 23.6 Å². The fraction of sp³-hybridized carbons (Fsp3) is 0.300. The highest BCUT2D eigenvalue weighted by molar-refractivity contribution is 8.00. The van der Waals surface area contributed by atoms with Crippen LogP contribution in [0.4, 0.5) is 0 Å². The van der Waals surface area contributed by atoms with Crippen LogP contribution in [0.15, 0.2) is 48.5 Å². The number of carboxylic acids is 1. The SMILES string of the molecule is O=C(O)C1CN(C(=O)C2SCCc3ccccc32)Cc2ccccc21. The molecule has 1 amide bonds. The van der Waals surface area contributed by atoms with E-state index < -0.39 is 11.9 Å². The smallest absolute Gasteiger partial charge is 0.312 e. The van der Waals surface area contributed by atoms with Gasteiger partial charge in [-0.1, -0.05) is 48.5 Å². The molecule has 4 rings (SSSR count).